The summed E-state index contributed by atoms with van der Waals surface area (Å²) in [6, 6.07) is 0. The van der Waals surface area contributed by atoms with E-state index in [-0.39, 0.29) is 0 Å². The third-order valence-corrected chi connectivity index (χ3v) is 3.57. The highest BCUT2D eigenvalue weighted by atomic mass is 32.2. The third-order valence-electron chi connectivity index (χ3n) is 3.11. The Bertz CT molecular complexity index is 203. The molecule has 0 bridgehead atoms. The van der Waals surface area contributed by atoms with Gasteiger partial charge in [-0.15, -0.1) is 0 Å². The number of rotatable bonds is 15. The topological polar surface area (TPSA) is 58.6 Å². The number of unbranched alkanes of at least 4 members (excludes halogenated alkanes) is 9. The molecular formula is C14H31NO3S. The lowest BCUT2D eigenvalue weighted by Gasteiger charge is -2.04. The second-order valence-electron chi connectivity index (χ2n) is 4.94. The Balaban J connectivity index is 2.93. The van der Waals surface area contributed by atoms with Crippen LogP contribution in [0.4, 0.5) is 0 Å². The second kappa shape index (κ2) is 16.1. The molecule has 0 aliphatic heterocycles. The lowest BCUT2D eigenvalue weighted by molar-refractivity contribution is 0.135. The van der Waals surface area contributed by atoms with Gasteiger partial charge in [0.05, 0.1) is 6.61 Å². The molecule has 0 aliphatic carbocycles. The van der Waals surface area contributed by atoms with Crippen LogP contribution in [0.3, 0.4) is 0 Å². The van der Waals surface area contributed by atoms with E-state index in [9.17, 15) is 4.21 Å². The molecule has 4 nitrogen and oxygen atoms in total. The Morgan fingerprint density at radius 2 is 1.42 bits per heavy atom. The van der Waals surface area contributed by atoms with E-state index < -0.39 is 11.3 Å². The zero-order valence-corrected chi connectivity index (χ0v) is 13.2. The first-order chi connectivity index (χ1) is 9.27. The largest absolute Gasteiger partial charge is 0.380 e. The van der Waals surface area contributed by atoms with Crippen LogP contribution >= 0.6 is 0 Å². The first-order valence-electron chi connectivity index (χ1n) is 7.69. The van der Waals surface area contributed by atoms with Crippen molar-refractivity contribution in [3.05, 3.63) is 0 Å². The van der Waals surface area contributed by atoms with Crippen molar-refractivity contribution in [2.45, 2.75) is 71.1 Å². The summed E-state index contributed by atoms with van der Waals surface area (Å²) >= 11 is -1.91. The Morgan fingerprint density at radius 1 is 0.895 bits per heavy atom. The van der Waals surface area contributed by atoms with Crippen LogP contribution in [0.5, 0.6) is 0 Å². The fraction of sp³-hybridized carbons (Fsp3) is 1.00. The van der Waals surface area contributed by atoms with Crippen LogP contribution in [0.25, 0.3) is 0 Å². The maximum atomic E-state index is 10.3. The smallest absolute Gasteiger partial charge is 0.231 e. The second-order valence-corrected chi connectivity index (χ2v) is 5.72. The predicted octanol–water partition coefficient (Wildman–Crippen LogP) is 3.65. The molecule has 0 rings (SSSR count). The van der Waals surface area contributed by atoms with E-state index in [0.29, 0.717) is 13.2 Å². The average molecular weight is 293 g/mol. The quantitative estimate of drug-likeness (QED) is 0.358. The summed E-state index contributed by atoms with van der Waals surface area (Å²) in [6.07, 6.45) is 13.2. The maximum absolute atomic E-state index is 10.3. The highest BCUT2D eigenvalue weighted by Crippen LogP contribution is 2.10. The number of hydrogen-bond donors (Lipinski definition) is 2. The molecule has 0 aliphatic rings. The van der Waals surface area contributed by atoms with Gasteiger partial charge in [0.1, 0.15) is 0 Å². The van der Waals surface area contributed by atoms with E-state index in [2.05, 4.69) is 11.6 Å². The van der Waals surface area contributed by atoms with Crippen LogP contribution in [0, 0.1) is 0 Å². The minimum Gasteiger partial charge on any atom is -0.380 e. The molecule has 0 radical (unpaired) electrons. The van der Waals surface area contributed by atoms with E-state index in [1.165, 1.54) is 57.8 Å². The molecule has 0 saturated heterocycles. The van der Waals surface area contributed by atoms with Crippen molar-refractivity contribution in [2.75, 3.05) is 19.8 Å². The van der Waals surface area contributed by atoms with Crippen LogP contribution in [0.15, 0.2) is 0 Å². The van der Waals surface area contributed by atoms with E-state index in [4.69, 9.17) is 9.29 Å². The van der Waals surface area contributed by atoms with Crippen molar-refractivity contribution in [3.63, 3.8) is 0 Å². The molecule has 2 N–H and O–H groups in total. The summed E-state index contributed by atoms with van der Waals surface area (Å²) in [7, 11) is 0. The van der Waals surface area contributed by atoms with Crippen molar-refractivity contribution in [2.24, 2.45) is 0 Å². The molecule has 0 saturated carbocycles. The van der Waals surface area contributed by atoms with E-state index in [0.717, 1.165) is 13.0 Å². The van der Waals surface area contributed by atoms with Gasteiger partial charge in [0.25, 0.3) is 0 Å². The van der Waals surface area contributed by atoms with Gasteiger partial charge >= 0.3 is 0 Å². The van der Waals surface area contributed by atoms with Crippen LogP contribution in [0.2, 0.25) is 0 Å². The molecule has 0 aromatic heterocycles. The van der Waals surface area contributed by atoms with Crippen molar-refractivity contribution in [3.8, 4) is 0 Å². The van der Waals surface area contributed by atoms with E-state index >= 15 is 0 Å². The highest BCUT2D eigenvalue weighted by Gasteiger charge is 1.94. The summed E-state index contributed by atoms with van der Waals surface area (Å²) < 4.78 is 26.4. The maximum Gasteiger partial charge on any atom is 0.231 e. The lowest BCUT2D eigenvalue weighted by Crippen LogP contribution is -2.21. The molecule has 0 aromatic rings. The lowest BCUT2D eigenvalue weighted by atomic mass is 10.1. The number of nitrogens with one attached hydrogen (secondary N) is 1. The summed E-state index contributed by atoms with van der Waals surface area (Å²) in [4.78, 5) is 0. The Kier molecular flexibility index (Phi) is 16.1. The highest BCUT2D eigenvalue weighted by molar-refractivity contribution is 7.77. The van der Waals surface area contributed by atoms with Crippen LogP contribution in [-0.4, -0.2) is 28.5 Å². The van der Waals surface area contributed by atoms with Crippen LogP contribution < -0.4 is 4.72 Å². The van der Waals surface area contributed by atoms with Gasteiger partial charge in [0, 0.05) is 13.2 Å². The first kappa shape index (κ1) is 19.0. The van der Waals surface area contributed by atoms with Gasteiger partial charge in [-0.05, 0) is 6.42 Å². The first-order valence-corrected chi connectivity index (χ1v) is 8.80. The fourth-order valence-electron chi connectivity index (χ4n) is 1.99. The zero-order valence-electron chi connectivity index (χ0n) is 12.4. The molecule has 0 aromatic carbocycles. The van der Waals surface area contributed by atoms with Crippen LogP contribution in [-0.2, 0) is 16.0 Å². The van der Waals surface area contributed by atoms with Gasteiger partial charge in [0.15, 0.2) is 0 Å². The normalized spacial score (nSPS) is 12.7. The molecule has 19 heavy (non-hydrogen) atoms. The van der Waals surface area contributed by atoms with Gasteiger partial charge in [0.2, 0.25) is 11.3 Å². The van der Waals surface area contributed by atoms with Gasteiger partial charge in [-0.3, -0.25) is 4.55 Å². The van der Waals surface area contributed by atoms with Gasteiger partial charge in [-0.25, -0.2) is 8.93 Å². The Hall–Kier alpha value is 0.0300. The molecule has 1 atom stereocenters. The Labute approximate surface area is 121 Å². The predicted molar refractivity (Wildman–Crippen MR) is 81.4 cm³/mol. The molecule has 5 heteroatoms. The van der Waals surface area contributed by atoms with Crippen molar-refractivity contribution < 1.29 is 13.5 Å². The summed E-state index contributed by atoms with van der Waals surface area (Å²) in [5.74, 6) is 0. The SMILES string of the molecule is CCCCCCCCCCCCOCCNS(=O)O. The summed E-state index contributed by atoms with van der Waals surface area (Å²) in [5.41, 5.74) is 0. The standard InChI is InChI=1S/C14H31NO3S/c1-2-3-4-5-6-7-8-9-10-11-13-18-14-12-15-19(16)17/h15H,2-14H2,1H3,(H,16,17). The minimum absolute atomic E-state index is 0.431. The number of hydrogen-bond acceptors (Lipinski definition) is 2. The molecule has 1 unspecified atom stereocenters. The molecule has 0 spiro atoms. The zero-order chi connectivity index (χ0) is 14.2. The molecule has 0 heterocycles. The number of ether oxygens (including phenoxy) is 1. The average Bonchev–Trinajstić information content (AvgIpc) is 2.39. The van der Waals surface area contributed by atoms with Crippen LogP contribution in [0.1, 0.15) is 71.1 Å². The third kappa shape index (κ3) is 18.0. The van der Waals surface area contributed by atoms with Gasteiger partial charge in [-0.2, -0.15) is 0 Å². The van der Waals surface area contributed by atoms with Crippen molar-refractivity contribution in [1.82, 2.24) is 4.72 Å². The van der Waals surface area contributed by atoms with E-state index in [1.54, 1.807) is 0 Å². The summed E-state index contributed by atoms with van der Waals surface area (Å²) in [5, 5.41) is 0. The minimum atomic E-state index is -1.91. The van der Waals surface area contributed by atoms with Crippen molar-refractivity contribution >= 4 is 11.3 Å². The fourth-order valence-corrected chi connectivity index (χ4v) is 2.25. The summed E-state index contributed by atoms with van der Waals surface area (Å²) in [6.45, 7) is 3.95. The van der Waals surface area contributed by atoms with Crippen molar-refractivity contribution in [1.29, 1.82) is 0 Å². The monoisotopic (exact) mass is 293 g/mol. The molecular weight excluding hydrogens is 262 g/mol. The Morgan fingerprint density at radius 3 is 1.95 bits per heavy atom. The van der Waals surface area contributed by atoms with Gasteiger partial charge < -0.3 is 4.74 Å². The molecule has 0 amide bonds. The molecule has 0 fully saturated rings. The van der Waals surface area contributed by atoms with Gasteiger partial charge in [-0.1, -0.05) is 64.7 Å². The van der Waals surface area contributed by atoms with E-state index in [1.807, 2.05) is 0 Å². The molecule has 116 valence electrons.